The van der Waals surface area contributed by atoms with Gasteiger partial charge in [0.25, 0.3) is 0 Å². The Bertz CT molecular complexity index is 274. The zero-order valence-corrected chi connectivity index (χ0v) is 8.36. The number of aliphatic carboxylic acids is 1. The molecule has 0 aromatic heterocycles. The second-order valence-electron chi connectivity index (χ2n) is 2.83. The minimum atomic E-state index is -1.28. The average molecular weight is 215 g/mol. The molecule has 0 aliphatic heterocycles. The highest BCUT2D eigenvalue weighted by molar-refractivity contribution is 5.86. The van der Waals surface area contributed by atoms with Crippen LogP contribution in [0, 0.1) is 0 Å². The zero-order valence-electron chi connectivity index (χ0n) is 8.36. The normalized spacial score (nSPS) is 11.3. The molecule has 0 radical (unpaired) electrons. The van der Waals surface area contributed by atoms with Gasteiger partial charge in [0.15, 0.2) is 0 Å². The van der Waals surface area contributed by atoms with Crippen LogP contribution in [0.3, 0.4) is 0 Å². The molecule has 2 N–H and O–H groups in total. The van der Waals surface area contributed by atoms with Gasteiger partial charge < -0.3 is 15.2 Å². The van der Waals surface area contributed by atoms with Gasteiger partial charge in [-0.05, 0) is 6.92 Å². The lowest BCUT2D eigenvalue weighted by Gasteiger charge is -2.12. The van der Waals surface area contributed by atoms with Crippen molar-refractivity contribution in [3.05, 3.63) is 12.7 Å². The summed E-state index contributed by atoms with van der Waals surface area (Å²) in [5.41, 5.74) is 0. The lowest BCUT2D eigenvalue weighted by atomic mass is 10.1. The first-order valence-electron chi connectivity index (χ1n) is 4.23. The summed E-state index contributed by atoms with van der Waals surface area (Å²) in [6.45, 7) is 4.55. The molecular formula is C9H13NO5. The quantitative estimate of drug-likeness (QED) is 0.623. The van der Waals surface area contributed by atoms with Crippen LogP contribution in [-0.2, 0) is 14.3 Å². The SMILES string of the molecule is C=CCOC(=O)NC(CC(C)=O)C(=O)O. The number of Topliss-reactive ketones (excluding diaryl/α,β-unsaturated/α-hetero) is 1. The van der Waals surface area contributed by atoms with Crippen LogP contribution in [-0.4, -0.2) is 35.6 Å². The van der Waals surface area contributed by atoms with Crippen molar-refractivity contribution in [1.82, 2.24) is 5.32 Å². The Morgan fingerprint density at radius 1 is 1.53 bits per heavy atom. The van der Waals surface area contributed by atoms with E-state index in [-0.39, 0.29) is 18.8 Å². The van der Waals surface area contributed by atoms with Gasteiger partial charge in [-0.1, -0.05) is 12.7 Å². The largest absolute Gasteiger partial charge is 0.480 e. The van der Waals surface area contributed by atoms with Gasteiger partial charge in [0.05, 0.1) is 0 Å². The number of hydrogen-bond acceptors (Lipinski definition) is 4. The number of ketones is 1. The average Bonchev–Trinajstić information content (AvgIpc) is 2.12. The number of rotatable bonds is 6. The Labute approximate surface area is 86.9 Å². The third kappa shape index (κ3) is 6.25. The maximum Gasteiger partial charge on any atom is 0.408 e. The molecule has 0 saturated carbocycles. The Balaban J connectivity index is 4.16. The van der Waals surface area contributed by atoms with Crippen LogP contribution < -0.4 is 5.32 Å². The summed E-state index contributed by atoms with van der Waals surface area (Å²) in [6, 6.07) is -1.25. The molecule has 0 aliphatic carbocycles. The van der Waals surface area contributed by atoms with Gasteiger partial charge in [-0.25, -0.2) is 9.59 Å². The predicted octanol–water partition coefficient (Wildman–Crippen LogP) is 0.331. The van der Waals surface area contributed by atoms with Crippen LogP contribution in [0.15, 0.2) is 12.7 Å². The van der Waals surface area contributed by atoms with Crippen LogP contribution in [0.1, 0.15) is 13.3 Å². The van der Waals surface area contributed by atoms with Crippen LogP contribution in [0.4, 0.5) is 4.79 Å². The lowest BCUT2D eigenvalue weighted by Crippen LogP contribution is -2.42. The molecule has 0 aliphatic rings. The molecule has 0 aromatic rings. The fraction of sp³-hybridized carbons (Fsp3) is 0.444. The molecule has 1 atom stereocenters. The van der Waals surface area contributed by atoms with E-state index < -0.39 is 18.1 Å². The fourth-order valence-corrected chi connectivity index (χ4v) is 0.806. The van der Waals surface area contributed by atoms with Gasteiger partial charge in [0, 0.05) is 6.42 Å². The van der Waals surface area contributed by atoms with E-state index in [2.05, 4.69) is 16.6 Å². The summed E-state index contributed by atoms with van der Waals surface area (Å²) in [5, 5.41) is 10.7. The second-order valence-corrected chi connectivity index (χ2v) is 2.83. The van der Waals surface area contributed by atoms with Gasteiger partial charge in [-0.2, -0.15) is 0 Å². The molecular weight excluding hydrogens is 202 g/mol. The van der Waals surface area contributed by atoms with Crippen LogP contribution in [0.25, 0.3) is 0 Å². The van der Waals surface area contributed by atoms with E-state index >= 15 is 0 Å². The molecule has 84 valence electrons. The van der Waals surface area contributed by atoms with Crippen LogP contribution in [0.2, 0.25) is 0 Å². The molecule has 0 spiro atoms. The van der Waals surface area contributed by atoms with Crippen molar-refractivity contribution in [3.8, 4) is 0 Å². The Morgan fingerprint density at radius 2 is 2.13 bits per heavy atom. The second kappa shape index (κ2) is 6.58. The molecule has 15 heavy (non-hydrogen) atoms. The van der Waals surface area contributed by atoms with Crippen LogP contribution >= 0.6 is 0 Å². The molecule has 1 amide bonds. The van der Waals surface area contributed by atoms with Crippen molar-refractivity contribution in [1.29, 1.82) is 0 Å². The molecule has 0 heterocycles. The van der Waals surface area contributed by atoms with E-state index in [4.69, 9.17) is 5.11 Å². The lowest BCUT2D eigenvalue weighted by molar-refractivity contribution is -0.140. The number of carbonyl (C=O) groups is 3. The molecule has 0 aromatic carbocycles. The van der Waals surface area contributed by atoms with Crippen molar-refractivity contribution in [3.63, 3.8) is 0 Å². The van der Waals surface area contributed by atoms with Gasteiger partial charge >= 0.3 is 12.1 Å². The third-order valence-corrected chi connectivity index (χ3v) is 1.41. The minimum Gasteiger partial charge on any atom is -0.480 e. The standard InChI is InChI=1S/C9H13NO5/c1-3-4-15-9(14)10-7(8(12)13)5-6(2)11/h3,7H,1,4-5H2,2H3,(H,10,14)(H,12,13). The number of ether oxygens (including phenoxy) is 1. The molecule has 6 nitrogen and oxygen atoms in total. The molecule has 0 saturated heterocycles. The molecule has 6 heteroatoms. The number of carboxylic acid groups (broad SMARTS) is 1. The summed E-state index contributed by atoms with van der Waals surface area (Å²) < 4.78 is 4.51. The van der Waals surface area contributed by atoms with Gasteiger partial charge in [-0.3, -0.25) is 4.79 Å². The van der Waals surface area contributed by atoms with Gasteiger partial charge in [0.1, 0.15) is 18.4 Å². The number of alkyl carbamates (subject to hydrolysis) is 1. The summed E-state index contributed by atoms with van der Waals surface area (Å²) in [5.74, 6) is -1.60. The van der Waals surface area contributed by atoms with Crippen molar-refractivity contribution >= 4 is 17.8 Å². The summed E-state index contributed by atoms with van der Waals surface area (Å²) >= 11 is 0. The fourth-order valence-electron chi connectivity index (χ4n) is 0.806. The van der Waals surface area contributed by atoms with Crippen molar-refractivity contribution in [2.45, 2.75) is 19.4 Å². The minimum absolute atomic E-state index is 0.0156. The van der Waals surface area contributed by atoms with Crippen LogP contribution in [0.5, 0.6) is 0 Å². The van der Waals surface area contributed by atoms with Crippen molar-refractivity contribution in [2.75, 3.05) is 6.61 Å². The highest BCUT2D eigenvalue weighted by atomic mass is 16.5. The maximum absolute atomic E-state index is 10.9. The topological polar surface area (TPSA) is 92.7 Å². The Hall–Kier alpha value is -1.85. The van der Waals surface area contributed by atoms with E-state index in [1.54, 1.807) is 0 Å². The van der Waals surface area contributed by atoms with Crippen molar-refractivity contribution in [2.24, 2.45) is 0 Å². The van der Waals surface area contributed by atoms with Gasteiger partial charge in [0.2, 0.25) is 0 Å². The van der Waals surface area contributed by atoms with Crippen molar-refractivity contribution < 1.29 is 24.2 Å². The number of amides is 1. The van der Waals surface area contributed by atoms with E-state index in [1.807, 2.05) is 0 Å². The summed E-state index contributed by atoms with van der Waals surface area (Å²) in [4.78, 5) is 32.2. The number of nitrogens with one attached hydrogen (secondary N) is 1. The smallest absolute Gasteiger partial charge is 0.408 e. The molecule has 1 unspecified atom stereocenters. The Kier molecular flexibility index (Phi) is 5.77. The highest BCUT2D eigenvalue weighted by Gasteiger charge is 2.21. The molecule has 0 rings (SSSR count). The number of hydrogen-bond donors (Lipinski definition) is 2. The Morgan fingerprint density at radius 3 is 2.53 bits per heavy atom. The number of carbonyl (C=O) groups excluding carboxylic acids is 2. The summed E-state index contributed by atoms with van der Waals surface area (Å²) in [7, 11) is 0. The zero-order chi connectivity index (χ0) is 11.8. The predicted molar refractivity (Wildman–Crippen MR) is 51.4 cm³/mol. The first-order chi connectivity index (χ1) is 6.97. The molecule has 0 bridgehead atoms. The maximum atomic E-state index is 10.9. The van der Waals surface area contributed by atoms with E-state index in [9.17, 15) is 14.4 Å². The van der Waals surface area contributed by atoms with E-state index in [1.165, 1.54) is 13.0 Å². The van der Waals surface area contributed by atoms with E-state index in [0.29, 0.717) is 0 Å². The summed E-state index contributed by atoms with van der Waals surface area (Å²) in [6.07, 6.45) is 0.197. The monoisotopic (exact) mass is 215 g/mol. The first-order valence-corrected chi connectivity index (χ1v) is 4.23. The number of carboxylic acids is 1. The highest BCUT2D eigenvalue weighted by Crippen LogP contribution is 1.95. The molecule has 0 fully saturated rings. The van der Waals surface area contributed by atoms with Gasteiger partial charge in [-0.15, -0.1) is 0 Å². The first kappa shape index (κ1) is 13.2. The third-order valence-electron chi connectivity index (χ3n) is 1.41. The van der Waals surface area contributed by atoms with E-state index in [0.717, 1.165) is 0 Å².